The van der Waals surface area contributed by atoms with E-state index in [4.69, 9.17) is 9.97 Å². The Morgan fingerprint density at radius 1 is 0.237 bits per heavy atom. The third-order valence-electron chi connectivity index (χ3n) is 17.7. The minimum atomic E-state index is -0.817. The lowest BCUT2D eigenvalue weighted by atomic mass is 9.60. The molecular formula is C77H50N2S. The van der Waals surface area contributed by atoms with E-state index in [0.717, 1.165) is 33.6 Å². The quantitative estimate of drug-likeness (QED) is 0.144. The smallest absolute Gasteiger partial charge is 0.0753 e. The van der Waals surface area contributed by atoms with Crippen molar-refractivity contribution in [2.75, 3.05) is 0 Å². The van der Waals surface area contributed by atoms with Crippen molar-refractivity contribution in [1.29, 1.82) is 0 Å². The second kappa shape index (κ2) is 18.1. The van der Waals surface area contributed by atoms with Gasteiger partial charge >= 0.3 is 0 Å². The van der Waals surface area contributed by atoms with Crippen molar-refractivity contribution in [1.82, 2.24) is 9.97 Å². The predicted molar refractivity (Wildman–Crippen MR) is 328 cm³/mol. The first kappa shape index (κ1) is 46.3. The van der Waals surface area contributed by atoms with Gasteiger partial charge in [0.1, 0.15) is 0 Å². The number of aromatic nitrogens is 2. The Balaban J connectivity index is 1.07. The molecule has 10 aromatic carbocycles. The van der Waals surface area contributed by atoms with Crippen LogP contribution in [0.3, 0.4) is 0 Å². The topological polar surface area (TPSA) is 25.8 Å². The van der Waals surface area contributed by atoms with Gasteiger partial charge in [-0.1, -0.05) is 267 Å². The average molecular weight is 1040 g/mol. The number of hydrogen-bond donors (Lipinski definition) is 0. The molecule has 0 aliphatic heterocycles. The summed E-state index contributed by atoms with van der Waals surface area (Å²) in [6.07, 6.45) is 3.92. The zero-order valence-corrected chi connectivity index (χ0v) is 44.5. The minimum absolute atomic E-state index is 0.742. The molecule has 80 heavy (non-hydrogen) atoms. The van der Waals surface area contributed by atoms with Crippen molar-refractivity contribution < 1.29 is 0 Å². The van der Waals surface area contributed by atoms with E-state index < -0.39 is 16.2 Å². The van der Waals surface area contributed by atoms with Crippen LogP contribution >= 0.6 is 11.3 Å². The van der Waals surface area contributed by atoms with E-state index in [2.05, 4.69) is 290 Å². The van der Waals surface area contributed by atoms with E-state index in [1.807, 2.05) is 23.7 Å². The van der Waals surface area contributed by atoms with Gasteiger partial charge in [0.2, 0.25) is 0 Å². The summed E-state index contributed by atoms with van der Waals surface area (Å²) in [5, 5.41) is 2.30. The Morgan fingerprint density at radius 3 is 0.950 bits per heavy atom. The van der Waals surface area contributed by atoms with E-state index >= 15 is 0 Å². The largest absolute Gasteiger partial charge is 0.256 e. The maximum absolute atomic E-state index is 5.31. The summed E-state index contributed by atoms with van der Waals surface area (Å²) in [6.45, 7) is 0. The highest BCUT2D eigenvalue weighted by Gasteiger charge is 2.53. The van der Waals surface area contributed by atoms with E-state index in [1.54, 1.807) is 0 Å². The molecule has 0 fully saturated rings. The first-order valence-corrected chi connectivity index (χ1v) is 28.5. The second-order valence-electron chi connectivity index (χ2n) is 21.5. The molecule has 0 N–H and O–H groups in total. The average Bonchev–Trinajstić information content (AvgIpc) is 4.49. The van der Waals surface area contributed by atoms with E-state index in [0.29, 0.717) is 0 Å². The fourth-order valence-electron chi connectivity index (χ4n) is 14.4. The fourth-order valence-corrected chi connectivity index (χ4v) is 15.4. The van der Waals surface area contributed by atoms with Crippen LogP contribution in [0.15, 0.2) is 303 Å². The Hall–Kier alpha value is -9.80. The van der Waals surface area contributed by atoms with Crippen LogP contribution in [0.2, 0.25) is 0 Å². The van der Waals surface area contributed by atoms with Gasteiger partial charge in [0, 0.05) is 28.4 Å². The molecule has 3 aliphatic carbocycles. The molecule has 0 saturated heterocycles. The van der Waals surface area contributed by atoms with Crippen molar-refractivity contribution in [2.45, 2.75) is 16.2 Å². The molecular weight excluding hydrogens is 985 g/mol. The summed E-state index contributed by atoms with van der Waals surface area (Å²) in [5.41, 5.74) is 24.7. The normalized spacial score (nSPS) is 17.9. The number of fused-ring (bicyclic) bond motifs is 9. The Morgan fingerprint density at radius 2 is 0.550 bits per heavy atom. The Kier molecular flexibility index (Phi) is 10.5. The maximum atomic E-state index is 5.31. The first-order valence-electron chi connectivity index (χ1n) is 27.6. The lowest BCUT2D eigenvalue weighted by Gasteiger charge is -2.40. The zero-order chi connectivity index (χ0) is 52.8. The van der Waals surface area contributed by atoms with Crippen molar-refractivity contribution in [3.05, 3.63) is 370 Å². The summed E-state index contributed by atoms with van der Waals surface area (Å²) < 4.78 is 0. The van der Waals surface area contributed by atoms with Gasteiger partial charge in [0.25, 0.3) is 0 Å². The lowest BCUT2D eigenvalue weighted by Crippen LogP contribution is -2.35. The molecule has 3 atom stereocenters. The molecule has 3 heteroatoms. The predicted octanol–water partition coefficient (Wildman–Crippen LogP) is 18.6. The monoisotopic (exact) mass is 1030 g/mol. The third kappa shape index (κ3) is 6.53. The van der Waals surface area contributed by atoms with Crippen molar-refractivity contribution in [2.24, 2.45) is 0 Å². The summed E-state index contributed by atoms with van der Waals surface area (Å²) in [4.78, 5) is 11.9. The molecule has 0 amide bonds. The molecule has 0 saturated carbocycles. The third-order valence-corrected chi connectivity index (χ3v) is 18.7. The van der Waals surface area contributed by atoms with E-state index in [1.165, 1.54) is 99.5 Å². The highest BCUT2D eigenvalue weighted by atomic mass is 32.1. The number of thiophene rings is 1. The van der Waals surface area contributed by atoms with Crippen molar-refractivity contribution in [3.8, 4) is 66.3 Å². The Bertz CT molecular complexity index is 4210. The van der Waals surface area contributed by atoms with Gasteiger partial charge in [0.15, 0.2) is 0 Å². The molecule has 0 radical (unpaired) electrons. The van der Waals surface area contributed by atoms with Crippen LogP contribution in [0.25, 0.3) is 66.3 Å². The first-order chi connectivity index (χ1) is 39.7. The number of nitrogens with zero attached hydrogens (tertiary/aromatic N) is 2. The van der Waals surface area contributed by atoms with E-state index in [-0.39, 0.29) is 0 Å². The van der Waals surface area contributed by atoms with Crippen LogP contribution in [0, 0.1) is 0 Å². The molecule has 374 valence electrons. The standard InChI is InChI=1S/C77H50N2S/c1-4-18-51(19-5-1)54-32-38-57(39-33-54)75(66-27-13-10-24-63(66)72-69(75)30-16-45-78-72)60-48-61(76(58-40-34-55(35-41-58)52-20-6-2-7-21-52)67-28-14-11-25-64(67)73-70(76)31-17-46-79-73)50-62(49-60)77(59-42-36-56(37-43-59)53-22-8-3-9-23-53)68-29-15-12-26-65(68)74-71(77)44-47-80-74/h1-50H. The number of hydrogen-bond acceptors (Lipinski definition) is 3. The van der Waals surface area contributed by atoms with Crippen LogP contribution in [-0.4, -0.2) is 9.97 Å². The van der Waals surface area contributed by atoms with E-state index in [9.17, 15) is 0 Å². The Labute approximate surface area is 470 Å². The molecule has 0 bridgehead atoms. The van der Waals surface area contributed by atoms with Crippen molar-refractivity contribution in [3.63, 3.8) is 0 Å². The highest BCUT2D eigenvalue weighted by molar-refractivity contribution is 7.14. The molecule has 3 unspecified atom stereocenters. The summed E-state index contributed by atoms with van der Waals surface area (Å²) in [6, 6.07) is 107. The number of rotatable bonds is 9. The lowest BCUT2D eigenvalue weighted by molar-refractivity contribution is 0.713. The van der Waals surface area contributed by atoms with Crippen LogP contribution in [0.5, 0.6) is 0 Å². The molecule has 13 aromatic rings. The van der Waals surface area contributed by atoms with Crippen LogP contribution < -0.4 is 0 Å². The van der Waals surface area contributed by atoms with Crippen LogP contribution in [-0.2, 0) is 16.2 Å². The SMILES string of the molecule is c1ccc(-c2ccc(C3(c4cc(C5(c6ccc(-c7ccccc7)cc6)c6ccccc6-c6ncccc65)cc(C5(c6ccc(-c7ccccc7)cc6)c6ccccc6-c6sccc65)c4)c4ccccc4-c4ncccc43)cc2)cc1. The molecule has 2 nitrogen and oxygen atoms in total. The van der Waals surface area contributed by atoms with Gasteiger partial charge in [-0.05, 0) is 129 Å². The summed E-state index contributed by atoms with van der Waals surface area (Å²) in [7, 11) is 0. The second-order valence-corrected chi connectivity index (χ2v) is 22.4. The van der Waals surface area contributed by atoms with Crippen LogP contribution in [0.4, 0.5) is 0 Å². The fraction of sp³-hybridized carbons (Fsp3) is 0.0390. The number of benzene rings is 10. The van der Waals surface area contributed by atoms with Gasteiger partial charge in [-0.2, -0.15) is 0 Å². The van der Waals surface area contributed by atoms with Crippen LogP contribution in [0.1, 0.15) is 66.8 Å². The zero-order valence-electron chi connectivity index (χ0n) is 43.7. The van der Waals surface area contributed by atoms with Gasteiger partial charge in [-0.3, -0.25) is 9.97 Å². The van der Waals surface area contributed by atoms with Gasteiger partial charge in [-0.25, -0.2) is 0 Å². The van der Waals surface area contributed by atoms with Gasteiger partial charge in [-0.15, -0.1) is 11.3 Å². The summed E-state index contributed by atoms with van der Waals surface area (Å²) >= 11 is 1.84. The summed E-state index contributed by atoms with van der Waals surface area (Å²) in [5.74, 6) is 0. The maximum Gasteiger partial charge on any atom is 0.0753 e. The molecule has 0 spiro atoms. The minimum Gasteiger partial charge on any atom is -0.256 e. The van der Waals surface area contributed by atoms with Crippen molar-refractivity contribution >= 4 is 11.3 Å². The molecule has 3 heterocycles. The molecule has 3 aliphatic rings. The molecule has 16 rings (SSSR count). The van der Waals surface area contributed by atoms with Gasteiger partial charge in [0.05, 0.1) is 27.6 Å². The van der Waals surface area contributed by atoms with Gasteiger partial charge < -0.3 is 0 Å². The molecule has 3 aromatic heterocycles. The number of pyridine rings is 2. The highest BCUT2D eigenvalue weighted by Crippen LogP contribution is 2.63.